The number of fused-ring (bicyclic) bond motifs is 5. The van der Waals surface area contributed by atoms with Crippen molar-refractivity contribution >= 4 is 0 Å². The van der Waals surface area contributed by atoms with Crippen LogP contribution in [0.5, 0.6) is 5.75 Å². The van der Waals surface area contributed by atoms with E-state index in [2.05, 4.69) is 25.3 Å². The van der Waals surface area contributed by atoms with Gasteiger partial charge in [-0.2, -0.15) is 0 Å². The Morgan fingerprint density at radius 2 is 2.10 bits per heavy atom. The molecule has 0 radical (unpaired) electrons. The second kappa shape index (κ2) is 4.52. The van der Waals surface area contributed by atoms with Gasteiger partial charge in [0.1, 0.15) is 5.75 Å². The summed E-state index contributed by atoms with van der Waals surface area (Å²) < 4.78 is 0. The maximum absolute atomic E-state index is 9.72. The number of allylic oxidation sites excluding steroid dienone is 1. The molecule has 4 rings (SSSR count). The van der Waals surface area contributed by atoms with Crippen LogP contribution in [-0.2, 0) is 6.42 Å². The van der Waals surface area contributed by atoms with Crippen LogP contribution in [0, 0.1) is 17.3 Å². The summed E-state index contributed by atoms with van der Waals surface area (Å²) in [5.41, 5.74) is 8.01. The zero-order chi connectivity index (χ0) is 14.6. The summed E-state index contributed by atoms with van der Waals surface area (Å²) >= 11 is 0. The van der Waals surface area contributed by atoms with Crippen molar-refractivity contribution in [1.29, 1.82) is 0 Å². The van der Waals surface area contributed by atoms with Crippen molar-refractivity contribution < 1.29 is 5.11 Å². The van der Waals surface area contributed by atoms with Gasteiger partial charge in [0.25, 0.3) is 0 Å². The lowest BCUT2D eigenvalue weighted by Gasteiger charge is -2.49. The van der Waals surface area contributed by atoms with Crippen LogP contribution in [0.4, 0.5) is 0 Å². The summed E-state index contributed by atoms with van der Waals surface area (Å²) in [4.78, 5) is 0. The molecule has 1 heteroatoms. The summed E-state index contributed by atoms with van der Waals surface area (Å²) in [6.07, 6.45) is 7.49. The van der Waals surface area contributed by atoms with E-state index >= 15 is 0 Å². The Morgan fingerprint density at radius 3 is 2.90 bits per heavy atom. The van der Waals surface area contributed by atoms with E-state index in [0.29, 0.717) is 17.1 Å². The molecule has 0 aliphatic heterocycles. The first-order valence-corrected chi connectivity index (χ1v) is 8.34. The van der Waals surface area contributed by atoms with Crippen LogP contribution < -0.4 is 0 Å². The van der Waals surface area contributed by atoms with Gasteiger partial charge in [-0.25, -0.2) is 0 Å². The fourth-order valence-electron chi connectivity index (χ4n) is 5.67. The van der Waals surface area contributed by atoms with Crippen LogP contribution in [0.2, 0.25) is 0 Å². The van der Waals surface area contributed by atoms with Gasteiger partial charge in [-0.3, -0.25) is 0 Å². The van der Waals surface area contributed by atoms with E-state index in [0.717, 1.165) is 18.3 Å². The maximum Gasteiger partial charge on any atom is 0.115 e. The molecule has 0 unspecified atom stereocenters. The van der Waals surface area contributed by atoms with Crippen LogP contribution >= 0.6 is 0 Å². The molecule has 0 bridgehead atoms. The molecule has 21 heavy (non-hydrogen) atoms. The fourth-order valence-corrected chi connectivity index (χ4v) is 5.67. The molecule has 110 valence electrons. The minimum Gasteiger partial charge on any atom is -0.508 e. The lowest BCUT2D eigenvalue weighted by molar-refractivity contribution is 0.0815. The van der Waals surface area contributed by atoms with Gasteiger partial charge in [-0.05, 0) is 90.5 Å². The molecule has 3 aliphatic carbocycles. The van der Waals surface area contributed by atoms with Gasteiger partial charge >= 0.3 is 0 Å². The van der Waals surface area contributed by atoms with E-state index in [1.54, 1.807) is 0 Å². The first-order chi connectivity index (χ1) is 10.1. The lowest BCUT2D eigenvalue weighted by Crippen LogP contribution is -2.40. The third-order valence-electron chi connectivity index (χ3n) is 6.71. The SMILES string of the molecule is C=C=C1CC[C@H]2[C@@H]3CCc4cc(O)ccc4[C@H]3CC[C@]12C. The first-order valence-electron chi connectivity index (χ1n) is 8.34. The molecule has 2 fully saturated rings. The summed E-state index contributed by atoms with van der Waals surface area (Å²) in [6.45, 7) is 6.40. The highest BCUT2D eigenvalue weighted by molar-refractivity contribution is 5.40. The van der Waals surface area contributed by atoms with Gasteiger partial charge in [0.2, 0.25) is 0 Å². The number of phenolic OH excluding ortho intramolecular Hbond substituents is 1. The first kappa shape index (κ1) is 13.2. The van der Waals surface area contributed by atoms with Gasteiger partial charge in [-0.15, -0.1) is 5.73 Å². The highest BCUT2D eigenvalue weighted by atomic mass is 16.3. The van der Waals surface area contributed by atoms with Crippen molar-refractivity contribution in [3.8, 4) is 5.75 Å². The second-order valence-electron chi connectivity index (χ2n) is 7.45. The molecule has 0 saturated heterocycles. The zero-order valence-electron chi connectivity index (χ0n) is 12.9. The van der Waals surface area contributed by atoms with E-state index in [4.69, 9.17) is 0 Å². The molecule has 1 nitrogen and oxygen atoms in total. The summed E-state index contributed by atoms with van der Waals surface area (Å²) in [5, 5.41) is 9.72. The van der Waals surface area contributed by atoms with Crippen LogP contribution in [0.25, 0.3) is 0 Å². The Kier molecular flexibility index (Phi) is 2.84. The fraction of sp³-hybridized carbons (Fsp3) is 0.550. The Bertz CT molecular complexity index is 637. The summed E-state index contributed by atoms with van der Waals surface area (Å²) in [7, 11) is 0. The van der Waals surface area contributed by atoms with E-state index in [-0.39, 0.29) is 0 Å². The quantitative estimate of drug-likeness (QED) is 0.666. The summed E-state index contributed by atoms with van der Waals surface area (Å²) in [5.74, 6) is 2.75. The number of hydrogen-bond donors (Lipinski definition) is 1. The molecule has 0 spiro atoms. The third kappa shape index (κ3) is 1.77. The maximum atomic E-state index is 9.72. The van der Waals surface area contributed by atoms with E-state index < -0.39 is 0 Å². The number of hydrogen-bond acceptors (Lipinski definition) is 1. The molecular weight excluding hydrogens is 256 g/mol. The van der Waals surface area contributed by atoms with Gasteiger partial charge in [-0.1, -0.05) is 19.6 Å². The highest BCUT2D eigenvalue weighted by Gasteiger charge is 2.52. The van der Waals surface area contributed by atoms with E-state index in [9.17, 15) is 5.11 Å². The highest BCUT2D eigenvalue weighted by Crippen LogP contribution is 2.62. The van der Waals surface area contributed by atoms with Gasteiger partial charge in [0, 0.05) is 0 Å². The topological polar surface area (TPSA) is 20.2 Å². The predicted octanol–water partition coefficient (Wildman–Crippen LogP) is 4.96. The van der Waals surface area contributed by atoms with Crippen LogP contribution in [-0.4, -0.2) is 5.11 Å². The largest absolute Gasteiger partial charge is 0.508 e. The minimum absolute atomic E-state index is 0.358. The molecule has 3 aliphatic rings. The minimum atomic E-state index is 0.358. The normalized spacial score (nSPS) is 37.4. The Balaban J connectivity index is 1.73. The van der Waals surface area contributed by atoms with E-state index in [1.165, 1.54) is 48.8 Å². The monoisotopic (exact) mass is 280 g/mol. The van der Waals surface area contributed by atoms with Crippen molar-refractivity contribution in [3.63, 3.8) is 0 Å². The van der Waals surface area contributed by atoms with Crippen molar-refractivity contribution in [3.05, 3.63) is 47.2 Å². The zero-order valence-corrected chi connectivity index (χ0v) is 12.9. The number of benzene rings is 1. The average Bonchev–Trinajstić information content (AvgIpc) is 2.83. The van der Waals surface area contributed by atoms with Crippen LogP contribution in [0.15, 0.2) is 36.1 Å². The molecule has 0 aromatic heterocycles. The van der Waals surface area contributed by atoms with Crippen molar-refractivity contribution in [1.82, 2.24) is 0 Å². The number of phenols is 1. The second-order valence-corrected chi connectivity index (χ2v) is 7.45. The number of aromatic hydroxyl groups is 1. The predicted molar refractivity (Wildman–Crippen MR) is 85.4 cm³/mol. The van der Waals surface area contributed by atoms with Gasteiger partial charge in [0.05, 0.1) is 0 Å². The van der Waals surface area contributed by atoms with Gasteiger partial charge in [0.15, 0.2) is 0 Å². The van der Waals surface area contributed by atoms with Gasteiger partial charge < -0.3 is 5.11 Å². The molecule has 4 atom stereocenters. The van der Waals surface area contributed by atoms with Crippen molar-refractivity contribution in [2.75, 3.05) is 0 Å². The molecule has 0 heterocycles. The molecule has 1 aromatic carbocycles. The number of aryl methyl sites for hydroxylation is 1. The smallest absolute Gasteiger partial charge is 0.115 e. The third-order valence-corrected chi connectivity index (χ3v) is 6.71. The van der Waals surface area contributed by atoms with Crippen LogP contribution in [0.3, 0.4) is 0 Å². The standard InChI is InChI=1S/C20H24O/c1-3-14-5-9-19-18-7-4-13-12-15(21)6-8-16(13)17(18)10-11-20(14,19)2/h6,8,12,17-19,21H,1,4-5,7,9-11H2,2H3/t17-,18-,19+,20-/m1/s1. The Labute approximate surface area is 127 Å². The summed E-state index contributed by atoms with van der Waals surface area (Å²) in [6, 6.07) is 6.05. The lowest BCUT2D eigenvalue weighted by atomic mass is 9.55. The molecule has 1 aromatic rings. The Hall–Kier alpha value is -1.46. The van der Waals surface area contributed by atoms with Crippen LogP contribution in [0.1, 0.15) is 56.1 Å². The number of rotatable bonds is 0. The Morgan fingerprint density at radius 1 is 1.24 bits per heavy atom. The van der Waals surface area contributed by atoms with Crippen molar-refractivity contribution in [2.45, 2.75) is 51.4 Å². The molecule has 0 amide bonds. The molecular formula is C20H24O. The van der Waals surface area contributed by atoms with E-state index in [1.807, 2.05) is 12.1 Å². The van der Waals surface area contributed by atoms with Crippen molar-refractivity contribution in [2.24, 2.45) is 17.3 Å². The average molecular weight is 280 g/mol. The molecule has 1 N–H and O–H groups in total. The molecule has 2 saturated carbocycles.